The summed E-state index contributed by atoms with van der Waals surface area (Å²) in [4.78, 5) is 16.7. The first-order valence-electron chi connectivity index (χ1n) is 8.49. The molecule has 0 radical (unpaired) electrons. The van der Waals surface area contributed by atoms with E-state index in [9.17, 15) is 4.79 Å². The lowest BCUT2D eigenvalue weighted by atomic mass is 10.1. The van der Waals surface area contributed by atoms with Crippen molar-refractivity contribution in [2.24, 2.45) is 0 Å². The molecule has 0 aliphatic heterocycles. The highest BCUT2D eigenvalue weighted by atomic mass is 79.9. The van der Waals surface area contributed by atoms with E-state index in [-0.39, 0.29) is 5.91 Å². The van der Waals surface area contributed by atoms with Crippen LogP contribution in [0.15, 0.2) is 47.2 Å². The molecule has 0 unspecified atom stereocenters. The molecular formula is C19H22BrN3O. The van der Waals surface area contributed by atoms with Crippen molar-refractivity contribution in [3.63, 3.8) is 0 Å². The molecule has 1 aliphatic rings. The van der Waals surface area contributed by atoms with Crippen LogP contribution in [0.3, 0.4) is 0 Å². The Morgan fingerprint density at radius 1 is 1.04 bits per heavy atom. The fourth-order valence-electron chi connectivity index (χ4n) is 3.06. The van der Waals surface area contributed by atoms with Gasteiger partial charge < -0.3 is 10.6 Å². The van der Waals surface area contributed by atoms with E-state index >= 15 is 0 Å². The highest BCUT2D eigenvalue weighted by Gasteiger charge is 2.16. The van der Waals surface area contributed by atoms with E-state index in [1.165, 1.54) is 25.7 Å². The first-order valence-corrected chi connectivity index (χ1v) is 9.28. The third-order valence-corrected chi connectivity index (χ3v) is 4.80. The van der Waals surface area contributed by atoms with Gasteiger partial charge in [-0.1, -0.05) is 47.7 Å². The molecule has 0 spiro atoms. The normalized spacial score (nSPS) is 15.5. The molecule has 1 fully saturated rings. The maximum atomic E-state index is 12.5. The van der Waals surface area contributed by atoms with Gasteiger partial charge in [0.1, 0.15) is 0 Å². The molecule has 5 heteroatoms. The summed E-state index contributed by atoms with van der Waals surface area (Å²) in [5.41, 5.74) is 2.35. The topological polar surface area (TPSA) is 54.0 Å². The van der Waals surface area contributed by atoms with Gasteiger partial charge in [-0.25, -0.2) is 0 Å². The third-order valence-electron chi connectivity index (χ3n) is 4.30. The van der Waals surface area contributed by atoms with Crippen LogP contribution in [0.5, 0.6) is 0 Å². The first kappa shape index (κ1) is 17.0. The molecule has 0 bridgehead atoms. The molecule has 1 aromatic carbocycles. The minimum atomic E-state index is -0.0349. The summed E-state index contributed by atoms with van der Waals surface area (Å²) in [6.07, 6.45) is 10.5. The molecule has 1 amide bonds. The van der Waals surface area contributed by atoms with Crippen molar-refractivity contribution in [1.29, 1.82) is 0 Å². The average Bonchev–Trinajstić information content (AvgIpc) is 2.84. The maximum absolute atomic E-state index is 12.5. The summed E-state index contributed by atoms with van der Waals surface area (Å²) in [5.74, 6) is -0.0349. The molecule has 24 heavy (non-hydrogen) atoms. The van der Waals surface area contributed by atoms with Crippen LogP contribution in [-0.2, 0) is 0 Å². The third kappa shape index (κ3) is 4.81. The monoisotopic (exact) mass is 387 g/mol. The molecule has 126 valence electrons. The smallest absolute Gasteiger partial charge is 0.253 e. The Bertz CT molecular complexity index is 697. The summed E-state index contributed by atoms with van der Waals surface area (Å²) in [6.45, 7) is 0. The Morgan fingerprint density at radius 3 is 2.58 bits per heavy atom. The maximum Gasteiger partial charge on any atom is 0.253 e. The van der Waals surface area contributed by atoms with Gasteiger partial charge in [0.25, 0.3) is 5.91 Å². The minimum Gasteiger partial charge on any atom is -0.354 e. The Morgan fingerprint density at radius 2 is 1.83 bits per heavy atom. The number of carbonyl (C=O) groups excluding carboxylic acids is 1. The summed E-state index contributed by atoms with van der Waals surface area (Å²) in [5, 5.41) is 6.44. The fourth-order valence-corrected chi connectivity index (χ4v) is 3.46. The van der Waals surface area contributed by atoms with Crippen molar-refractivity contribution in [1.82, 2.24) is 10.3 Å². The number of pyridine rings is 1. The molecule has 3 rings (SSSR count). The highest BCUT2D eigenvalue weighted by Crippen LogP contribution is 2.21. The SMILES string of the molecule is O=C(NC1CCCCCC1)c1cncc(Nc2cccc(Br)c2)c1. The zero-order valence-electron chi connectivity index (χ0n) is 13.6. The Labute approximate surface area is 151 Å². The quantitative estimate of drug-likeness (QED) is 0.722. The predicted molar refractivity (Wildman–Crippen MR) is 101 cm³/mol. The van der Waals surface area contributed by atoms with Crippen LogP contribution in [0.4, 0.5) is 11.4 Å². The lowest BCUT2D eigenvalue weighted by Crippen LogP contribution is -2.34. The van der Waals surface area contributed by atoms with Crippen molar-refractivity contribution < 1.29 is 4.79 Å². The van der Waals surface area contributed by atoms with Gasteiger partial charge in [0.2, 0.25) is 0 Å². The highest BCUT2D eigenvalue weighted by molar-refractivity contribution is 9.10. The van der Waals surface area contributed by atoms with E-state index in [0.717, 1.165) is 28.7 Å². The second kappa shape index (κ2) is 8.29. The van der Waals surface area contributed by atoms with E-state index in [4.69, 9.17) is 0 Å². The Kier molecular flexibility index (Phi) is 5.86. The zero-order chi connectivity index (χ0) is 16.8. The van der Waals surface area contributed by atoms with E-state index in [0.29, 0.717) is 11.6 Å². The summed E-state index contributed by atoms with van der Waals surface area (Å²) in [6, 6.07) is 10.0. The van der Waals surface area contributed by atoms with E-state index < -0.39 is 0 Å². The van der Waals surface area contributed by atoms with Crippen LogP contribution in [0.25, 0.3) is 0 Å². The lowest BCUT2D eigenvalue weighted by molar-refractivity contribution is 0.0933. The van der Waals surface area contributed by atoms with Crippen molar-refractivity contribution in [2.75, 3.05) is 5.32 Å². The number of rotatable bonds is 4. The lowest BCUT2D eigenvalue weighted by Gasteiger charge is -2.16. The van der Waals surface area contributed by atoms with Crippen LogP contribution in [0, 0.1) is 0 Å². The Balaban J connectivity index is 1.66. The molecule has 1 heterocycles. The average molecular weight is 388 g/mol. The standard InChI is InChI=1S/C19H22BrN3O/c20-15-6-5-9-17(11-15)22-18-10-14(12-21-13-18)19(24)23-16-7-3-1-2-4-8-16/h5-6,9-13,16,22H,1-4,7-8H2,(H,23,24). The molecule has 1 aliphatic carbocycles. The number of hydrogen-bond acceptors (Lipinski definition) is 3. The van der Waals surface area contributed by atoms with Crippen molar-refractivity contribution >= 4 is 33.2 Å². The number of hydrogen-bond donors (Lipinski definition) is 2. The number of benzene rings is 1. The van der Waals surface area contributed by atoms with Crippen LogP contribution in [0.2, 0.25) is 0 Å². The van der Waals surface area contributed by atoms with Gasteiger partial charge in [0.15, 0.2) is 0 Å². The van der Waals surface area contributed by atoms with Gasteiger partial charge >= 0.3 is 0 Å². The van der Waals surface area contributed by atoms with Crippen molar-refractivity contribution in [2.45, 2.75) is 44.6 Å². The number of nitrogens with zero attached hydrogens (tertiary/aromatic N) is 1. The number of aromatic nitrogens is 1. The van der Waals surface area contributed by atoms with Crippen molar-refractivity contribution in [3.8, 4) is 0 Å². The van der Waals surface area contributed by atoms with E-state index in [1.54, 1.807) is 12.4 Å². The molecule has 4 nitrogen and oxygen atoms in total. The van der Waals surface area contributed by atoms with Gasteiger partial charge in [-0.15, -0.1) is 0 Å². The fraction of sp³-hybridized carbons (Fsp3) is 0.368. The van der Waals surface area contributed by atoms with Crippen LogP contribution in [-0.4, -0.2) is 16.9 Å². The zero-order valence-corrected chi connectivity index (χ0v) is 15.2. The van der Waals surface area contributed by atoms with Crippen LogP contribution in [0.1, 0.15) is 48.9 Å². The van der Waals surface area contributed by atoms with Crippen molar-refractivity contribution in [3.05, 3.63) is 52.8 Å². The number of amides is 1. The molecule has 0 saturated heterocycles. The van der Waals surface area contributed by atoms with Crippen LogP contribution < -0.4 is 10.6 Å². The number of halogens is 1. The second-order valence-electron chi connectivity index (χ2n) is 6.26. The summed E-state index contributed by atoms with van der Waals surface area (Å²) >= 11 is 3.46. The van der Waals surface area contributed by atoms with Gasteiger partial charge in [0, 0.05) is 22.4 Å². The second-order valence-corrected chi connectivity index (χ2v) is 7.18. The van der Waals surface area contributed by atoms with Crippen LogP contribution >= 0.6 is 15.9 Å². The Hall–Kier alpha value is -1.88. The molecule has 2 aromatic rings. The van der Waals surface area contributed by atoms with Gasteiger partial charge in [0.05, 0.1) is 17.4 Å². The molecular weight excluding hydrogens is 366 g/mol. The molecule has 1 aromatic heterocycles. The summed E-state index contributed by atoms with van der Waals surface area (Å²) in [7, 11) is 0. The largest absolute Gasteiger partial charge is 0.354 e. The first-order chi connectivity index (χ1) is 11.7. The van der Waals surface area contributed by atoms with E-state index in [2.05, 4.69) is 31.5 Å². The van der Waals surface area contributed by atoms with Gasteiger partial charge in [-0.3, -0.25) is 9.78 Å². The summed E-state index contributed by atoms with van der Waals surface area (Å²) < 4.78 is 1.00. The number of anilines is 2. The molecule has 2 N–H and O–H groups in total. The van der Waals surface area contributed by atoms with E-state index in [1.807, 2.05) is 30.3 Å². The van der Waals surface area contributed by atoms with Gasteiger partial charge in [-0.05, 0) is 37.1 Å². The number of nitrogens with one attached hydrogen (secondary N) is 2. The molecule has 1 saturated carbocycles. The minimum absolute atomic E-state index is 0.0349. The van der Waals surface area contributed by atoms with Gasteiger partial charge in [-0.2, -0.15) is 0 Å². The molecule has 0 atom stereocenters. The predicted octanol–water partition coefficient (Wildman–Crippen LogP) is 5.04. The number of carbonyl (C=O) groups is 1.